The van der Waals surface area contributed by atoms with Crippen LogP contribution in [0.3, 0.4) is 0 Å². The van der Waals surface area contributed by atoms with Crippen molar-refractivity contribution in [3.05, 3.63) is 71.8 Å². The molecule has 0 bridgehead atoms. The van der Waals surface area contributed by atoms with Crippen LogP contribution in [0.15, 0.2) is 54.9 Å². The van der Waals surface area contributed by atoms with Crippen molar-refractivity contribution in [2.75, 3.05) is 46.6 Å². The van der Waals surface area contributed by atoms with Crippen LogP contribution in [0.1, 0.15) is 23.9 Å². The molecule has 1 atom stereocenters. The average molecular weight is 496 g/mol. The summed E-state index contributed by atoms with van der Waals surface area (Å²) in [6, 6.07) is 13.8. The van der Waals surface area contributed by atoms with E-state index < -0.39 is 5.60 Å². The molecule has 8 heteroatoms. The molecular weight excluding hydrogens is 458 g/mol. The van der Waals surface area contributed by atoms with E-state index in [9.17, 15) is 5.11 Å². The molecule has 1 fully saturated rings. The summed E-state index contributed by atoms with van der Waals surface area (Å²) in [5.41, 5.74) is 1.14. The molecule has 3 aromatic rings. The van der Waals surface area contributed by atoms with E-state index in [2.05, 4.69) is 21.4 Å². The molecule has 0 aliphatic carbocycles. The Morgan fingerprint density at radius 3 is 2.72 bits per heavy atom. The predicted molar refractivity (Wildman–Crippen MR) is 138 cm³/mol. The monoisotopic (exact) mass is 495 g/mol. The van der Waals surface area contributed by atoms with Crippen molar-refractivity contribution >= 4 is 0 Å². The number of methoxy groups -OCH3 is 1. The van der Waals surface area contributed by atoms with Crippen molar-refractivity contribution in [1.29, 1.82) is 0 Å². The summed E-state index contributed by atoms with van der Waals surface area (Å²) in [6.45, 7) is 8.12. The van der Waals surface area contributed by atoms with Gasteiger partial charge in [0, 0.05) is 38.4 Å². The lowest BCUT2D eigenvalue weighted by Crippen LogP contribution is -2.48. The second kappa shape index (κ2) is 12.3. The van der Waals surface area contributed by atoms with Gasteiger partial charge in [-0.15, -0.1) is 0 Å². The van der Waals surface area contributed by atoms with Gasteiger partial charge in [-0.1, -0.05) is 30.7 Å². The second-order valence-electron chi connectivity index (χ2n) is 9.31. The molecule has 1 N–H and O–H groups in total. The van der Waals surface area contributed by atoms with Gasteiger partial charge in [0.2, 0.25) is 0 Å². The molecule has 36 heavy (non-hydrogen) atoms. The van der Waals surface area contributed by atoms with Gasteiger partial charge in [0.25, 0.3) is 0 Å². The van der Waals surface area contributed by atoms with Crippen molar-refractivity contribution in [2.24, 2.45) is 0 Å². The number of aryl methyl sites for hydroxylation is 2. The summed E-state index contributed by atoms with van der Waals surface area (Å²) >= 11 is 0. The van der Waals surface area contributed by atoms with Gasteiger partial charge >= 0.3 is 0 Å². The van der Waals surface area contributed by atoms with Crippen LogP contribution in [0.5, 0.6) is 17.2 Å². The Bertz CT molecular complexity index is 1100. The largest absolute Gasteiger partial charge is 0.493 e. The maximum absolute atomic E-state index is 11.3. The molecule has 0 radical (unpaired) electrons. The predicted octanol–water partition coefficient (Wildman–Crippen LogP) is 3.48. The molecule has 2 aromatic carbocycles. The first-order valence-corrected chi connectivity index (χ1v) is 12.5. The van der Waals surface area contributed by atoms with Crippen LogP contribution in [0.25, 0.3) is 0 Å². The quantitative estimate of drug-likeness (QED) is 0.436. The first-order valence-electron chi connectivity index (χ1n) is 12.5. The van der Waals surface area contributed by atoms with Crippen LogP contribution in [0.4, 0.5) is 0 Å². The van der Waals surface area contributed by atoms with E-state index in [-0.39, 0.29) is 13.2 Å². The van der Waals surface area contributed by atoms with Crippen molar-refractivity contribution < 1.29 is 24.1 Å². The van der Waals surface area contributed by atoms with Crippen LogP contribution in [0.2, 0.25) is 0 Å². The van der Waals surface area contributed by atoms with E-state index in [1.54, 1.807) is 7.11 Å². The average Bonchev–Trinajstić information content (AvgIpc) is 3.25. The smallest absolute Gasteiger partial charge is 0.161 e. The Hall–Kier alpha value is -3.07. The Labute approximate surface area is 213 Å². The lowest BCUT2D eigenvalue weighted by atomic mass is 10.1. The van der Waals surface area contributed by atoms with E-state index in [0.717, 1.165) is 30.1 Å². The minimum Gasteiger partial charge on any atom is -0.493 e. The highest BCUT2D eigenvalue weighted by molar-refractivity contribution is 5.43. The minimum absolute atomic E-state index is 0.164. The fourth-order valence-electron chi connectivity index (χ4n) is 4.37. The molecule has 8 nitrogen and oxygen atoms in total. The van der Waals surface area contributed by atoms with E-state index in [1.165, 1.54) is 5.56 Å². The molecule has 2 heterocycles. The molecule has 0 spiro atoms. The molecule has 1 saturated heterocycles. The Kier molecular flexibility index (Phi) is 8.85. The third-order valence-corrected chi connectivity index (χ3v) is 6.31. The summed E-state index contributed by atoms with van der Waals surface area (Å²) in [5.74, 6) is 3.18. The van der Waals surface area contributed by atoms with Gasteiger partial charge in [-0.2, -0.15) is 0 Å². The third-order valence-electron chi connectivity index (χ3n) is 6.31. The van der Waals surface area contributed by atoms with Crippen molar-refractivity contribution in [2.45, 2.75) is 39.0 Å². The number of rotatable bonds is 11. The van der Waals surface area contributed by atoms with Crippen LogP contribution in [0, 0.1) is 6.92 Å². The van der Waals surface area contributed by atoms with E-state index >= 15 is 0 Å². The van der Waals surface area contributed by atoms with Gasteiger partial charge in [0.15, 0.2) is 11.5 Å². The number of imidazole rings is 1. The maximum Gasteiger partial charge on any atom is 0.161 e. The number of aliphatic hydroxyl groups is 1. The molecule has 0 saturated carbocycles. The number of benzene rings is 2. The van der Waals surface area contributed by atoms with Crippen LogP contribution in [-0.4, -0.2) is 71.8 Å². The molecule has 0 unspecified atom stereocenters. The Morgan fingerprint density at radius 2 is 1.94 bits per heavy atom. The Morgan fingerprint density at radius 1 is 1.11 bits per heavy atom. The van der Waals surface area contributed by atoms with Gasteiger partial charge in [-0.25, -0.2) is 4.98 Å². The first-order chi connectivity index (χ1) is 17.5. The highest BCUT2D eigenvalue weighted by Gasteiger charge is 2.33. The van der Waals surface area contributed by atoms with E-state index in [1.807, 2.05) is 61.8 Å². The normalized spacial score (nSPS) is 18.6. The third kappa shape index (κ3) is 7.00. The number of β-amino-alcohol motifs (C(OH)–C–C–N with tert-alkyl or cyclic N) is 1. The molecule has 1 aromatic heterocycles. The topological polar surface area (TPSA) is 78.2 Å². The number of ether oxygens (including phenoxy) is 4. The molecule has 1 aliphatic heterocycles. The van der Waals surface area contributed by atoms with Crippen molar-refractivity contribution in [1.82, 2.24) is 14.5 Å². The van der Waals surface area contributed by atoms with Crippen LogP contribution < -0.4 is 14.2 Å². The lowest BCUT2D eigenvalue weighted by Gasteiger charge is -2.30. The summed E-state index contributed by atoms with van der Waals surface area (Å²) in [5, 5.41) is 11.3. The van der Waals surface area contributed by atoms with Gasteiger partial charge in [-0.3, -0.25) is 4.90 Å². The van der Waals surface area contributed by atoms with Crippen molar-refractivity contribution in [3.63, 3.8) is 0 Å². The van der Waals surface area contributed by atoms with Gasteiger partial charge in [-0.05, 0) is 36.8 Å². The fraction of sp³-hybridized carbons (Fsp3) is 0.464. The molecule has 4 rings (SSSR count). The lowest BCUT2D eigenvalue weighted by molar-refractivity contribution is -0.0646. The molecular formula is C28H37N3O5. The van der Waals surface area contributed by atoms with Crippen molar-refractivity contribution in [3.8, 4) is 17.2 Å². The van der Waals surface area contributed by atoms with Gasteiger partial charge < -0.3 is 28.6 Å². The second-order valence-corrected chi connectivity index (χ2v) is 9.31. The molecule has 1 aliphatic rings. The summed E-state index contributed by atoms with van der Waals surface area (Å²) < 4.78 is 25.4. The number of hydrogen-bond acceptors (Lipinski definition) is 7. The highest BCUT2D eigenvalue weighted by Crippen LogP contribution is 2.29. The summed E-state index contributed by atoms with van der Waals surface area (Å²) in [7, 11) is 1.65. The van der Waals surface area contributed by atoms with Gasteiger partial charge in [0.05, 0.1) is 26.9 Å². The fourth-order valence-corrected chi connectivity index (χ4v) is 4.37. The zero-order valence-electron chi connectivity index (χ0n) is 21.5. The minimum atomic E-state index is -1.10. The standard InChI is InChI=1S/C28H37N3O5/c1-4-27-29-11-12-31(27)14-16-35-26-17-23(7-10-25(26)33-3)18-30-13-15-34-20-28(32,19-30)21-36-24-8-5-22(2)6-9-24/h5-12,17,32H,4,13-16,18-21H2,1-3H3/t28-/m1/s1. The van der Waals surface area contributed by atoms with Crippen LogP contribution in [-0.2, 0) is 24.2 Å². The molecule has 194 valence electrons. The SMILES string of the molecule is CCc1nccn1CCOc1cc(CN2CCOC[C@@](O)(COc3ccc(C)cc3)C2)ccc1OC. The highest BCUT2D eigenvalue weighted by atomic mass is 16.5. The van der Waals surface area contributed by atoms with E-state index in [0.29, 0.717) is 44.3 Å². The first kappa shape index (κ1) is 26.0. The maximum atomic E-state index is 11.3. The number of hydrogen-bond donors (Lipinski definition) is 1. The zero-order chi connectivity index (χ0) is 25.4. The summed E-state index contributed by atoms with van der Waals surface area (Å²) in [4.78, 5) is 6.55. The zero-order valence-corrected chi connectivity index (χ0v) is 21.5. The molecule has 0 amide bonds. The number of aromatic nitrogens is 2. The van der Waals surface area contributed by atoms with Crippen LogP contribution >= 0.6 is 0 Å². The van der Waals surface area contributed by atoms with Gasteiger partial charge in [0.1, 0.15) is 30.4 Å². The summed E-state index contributed by atoms with van der Waals surface area (Å²) in [6.07, 6.45) is 4.67. The number of nitrogens with zero attached hydrogens (tertiary/aromatic N) is 3. The Balaban J connectivity index is 1.37. The van der Waals surface area contributed by atoms with E-state index in [4.69, 9.17) is 18.9 Å².